The van der Waals surface area contributed by atoms with Gasteiger partial charge in [0, 0.05) is 0 Å². The van der Waals surface area contributed by atoms with Crippen LogP contribution in [0.4, 0.5) is 4.79 Å². The summed E-state index contributed by atoms with van der Waals surface area (Å²) in [5, 5.41) is 13.5. The summed E-state index contributed by atoms with van der Waals surface area (Å²) in [5.74, 6) is -1.21. The summed E-state index contributed by atoms with van der Waals surface area (Å²) in [4.78, 5) is 38.7. The number of amides is 3. The summed E-state index contributed by atoms with van der Waals surface area (Å²) in [5.41, 5.74) is 0.570. The molecule has 3 amide bonds. The fourth-order valence-electron chi connectivity index (χ4n) is 3.55. The van der Waals surface area contributed by atoms with Crippen LogP contribution in [0, 0.1) is 11.3 Å². The van der Waals surface area contributed by atoms with E-state index < -0.39 is 30.0 Å². The van der Waals surface area contributed by atoms with Gasteiger partial charge < -0.3 is 10.1 Å². The van der Waals surface area contributed by atoms with E-state index in [1.807, 2.05) is 42.5 Å². The lowest BCUT2D eigenvalue weighted by Gasteiger charge is -2.22. The van der Waals surface area contributed by atoms with Gasteiger partial charge in [-0.1, -0.05) is 48.5 Å². The molecule has 1 fully saturated rings. The molecule has 0 aliphatic carbocycles. The van der Waals surface area contributed by atoms with E-state index >= 15 is 0 Å². The van der Waals surface area contributed by atoms with E-state index in [9.17, 15) is 14.4 Å². The molecule has 0 radical (unpaired) electrons. The van der Waals surface area contributed by atoms with E-state index in [-0.39, 0.29) is 6.61 Å². The molecule has 1 heterocycles. The molecule has 4 rings (SSSR count). The van der Waals surface area contributed by atoms with Gasteiger partial charge in [0.2, 0.25) is 0 Å². The lowest BCUT2D eigenvalue weighted by atomic mass is 9.90. The minimum atomic E-state index is -1.27. The van der Waals surface area contributed by atoms with Gasteiger partial charge in [-0.05, 0) is 47.0 Å². The van der Waals surface area contributed by atoms with Crippen molar-refractivity contribution in [3.8, 4) is 6.07 Å². The summed E-state index contributed by atoms with van der Waals surface area (Å²) in [6, 6.07) is 21.2. The zero-order valence-electron chi connectivity index (χ0n) is 16.8. The first-order valence-electron chi connectivity index (χ1n) is 9.69. The van der Waals surface area contributed by atoms with E-state index in [2.05, 4.69) is 5.32 Å². The Morgan fingerprint density at radius 2 is 1.77 bits per heavy atom. The number of nitrogens with zero attached hydrogens (tertiary/aromatic N) is 2. The molecule has 1 N–H and O–H groups in total. The Kier molecular flexibility index (Phi) is 5.14. The monoisotopic (exact) mass is 413 g/mol. The first-order chi connectivity index (χ1) is 14.9. The summed E-state index contributed by atoms with van der Waals surface area (Å²) >= 11 is 0. The van der Waals surface area contributed by atoms with Gasteiger partial charge in [-0.3, -0.25) is 14.5 Å². The number of carbonyl (C=O) groups is 3. The van der Waals surface area contributed by atoms with Crippen molar-refractivity contribution in [3.63, 3.8) is 0 Å². The van der Waals surface area contributed by atoms with Crippen LogP contribution >= 0.6 is 0 Å². The minimum absolute atomic E-state index is 0.0177. The number of carbonyl (C=O) groups excluding carboxylic acids is 3. The van der Waals surface area contributed by atoms with Crippen molar-refractivity contribution in [2.75, 3.05) is 6.54 Å². The van der Waals surface area contributed by atoms with Crippen molar-refractivity contribution >= 4 is 28.7 Å². The number of benzene rings is 3. The third kappa shape index (κ3) is 3.83. The number of nitriles is 1. The molecule has 1 saturated heterocycles. The Balaban J connectivity index is 1.45. The summed E-state index contributed by atoms with van der Waals surface area (Å²) in [7, 11) is 0. The van der Waals surface area contributed by atoms with Gasteiger partial charge >= 0.3 is 12.0 Å². The smallest absolute Gasteiger partial charge is 0.326 e. The van der Waals surface area contributed by atoms with Gasteiger partial charge in [0.15, 0.2) is 0 Å². The van der Waals surface area contributed by atoms with Crippen LogP contribution in [0.3, 0.4) is 0 Å². The van der Waals surface area contributed by atoms with Crippen molar-refractivity contribution in [2.24, 2.45) is 0 Å². The summed E-state index contributed by atoms with van der Waals surface area (Å²) in [6.45, 7) is 1.12. The predicted molar refractivity (Wildman–Crippen MR) is 112 cm³/mol. The van der Waals surface area contributed by atoms with Crippen LogP contribution in [0.2, 0.25) is 0 Å². The molecular formula is C24H19N3O4. The van der Waals surface area contributed by atoms with Crippen molar-refractivity contribution in [1.82, 2.24) is 10.2 Å². The molecule has 1 aliphatic rings. The van der Waals surface area contributed by atoms with Gasteiger partial charge in [0.05, 0.1) is 11.6 Å². The Morgan fingerprint density at radius 3 is 2.48 bits per heavy atom. The average Bonchev–Trinajstić information content (AvgIpc) is 3.01. The van der Waals surface area contributed by atoms with Gasteiger partial charge in [-0.15, -0.1) is 0 Å². The van der Waals surface area contributed by atoms with E-state index in [0.717, 1.165) is 15.7 Å². The molecule has 0 unspecified atom stereocenters. The van der Waals surface area contributed by atoms with Crippen LogP contribution in [0.15, 0.2) is 66.7 Å². The van der Waals surface area contributed by atoms with Crippen LogP contribution in [0.25, 0.3) is 10.8 Å². The van der Waals surface area contributed by atoms with Crippen LogP contribution < -0.4 is 5.32 Å². The second-order valence-corrected chi connectivity index (χ2v) is 7.48. The van der Waals surface area contributed by atoms with Gasteiger partial charge in [-0.25, -0.2) is 4.79 Å². The number of hydrogen-bond acceptors (Lipinski definition) is 5. The molecule has 31 heavy (non-hydrogen) atoms. The van der Waals surface area contributed by atoms with E-state index in [4.69, 9.17) is 10.00 Å². The molecule has 0 saturated carbocycles. The Morgan fingerprint density at radius 1 is 1.06 bits per heavy atom. The number of ether oxygens (including phenoxy) is 1. The fourth-order valence-corrected chi connectivity index (χ4v) is 3.55. The molecule has 3 aromatic rings. The second-order valence-electron chi connectivity index (χ2n) is 7.48. The predicted octanol–water partition coefficient (Wildman–Crippen LogP) is 3.22. The number of imide groups is 1. The first-order valence-corrected chi connectivity index (χ1v) is 9.69. The van der Waals surface area contributed by atoms with E-state index in [1.54, 1.807) is 37.3 Å². The van der Waals surface area contributed by atoms with Gasteiger partial charge in [0.1, 0.15) is 18.7 Å². The number of fused-ring (bicyclic) bond motifs is 1. The zero-order valence-corrected chi connectivity index (χ0v) is 16.8. The van der Waals surface area contributed by atoms with Crippen molar-refractivity contribution in [2.45, 2.75) is 19.1 Å². The normalized spacial score (nSPS) is 18.0. The third-order valence-corrected chi connectivity index (χ3v) is 5.37. The number of hydrogen-bond donors (Lipinski definition) is 1. The van der Waals surface area contributed by atoms with Crippen molar-refractivity contribution in [1.29, 1.82) is 5.26 Å². The maximum atomic E-state index is 13.1. The highest BCUT2D eigenvalue weighted by molar-refractivity contribution is 6.09. The molecule has 1 atom stereocenters. The molecule has 1 aliphatic heterocycles. The highest BCUT2D eigenvalue weighted by atomic mass is 16.5. The summed E-state index contributed by atoms with van der Waals surface area (Å²) < 4.78 is 5.20. The molecular weight excluding hydrogens is 394 g/mol. The second kappa shape index (κ2) is 7.92. The molecule has 154 valence electrons. The lowest BCUT2D eigenvalue weighted by Crippen LogP contribution is -2.41. The fraction of sp³-hybridized carbons (Fsp3) is 0.167. The molecule has 7 heteroatoms. The largest absolute Gasteiger partial charge is 0.459 e. The van der Waals surface area contributed by atoms with Crippen LogP contribution in [-0.2, 0) is 26.5 Å². The van der Waals surface area contributed by atoms with E-state index in [0.29, 0.717) is 16.7 Å². The molecule has 7 nitrogen and oxygen atoms in total. The molecule has 3 aromatic carbocycles. The lowest BCUT2D eigenvalue weighted by molar-refractivity contribution is -0.148. The topological polar surface area (TPSA) is 99.5 Å². The maximum absolute atomic E-state index is 13.1. The maximum Gasteiger partial charge on any atom is 0.326 e. The number of nitrogens with one attached hydrogen (secondary N) is 1. The highest BCUT2D eigenvalue weighted by Crippen LogP contribution is 2.31. The highest BCUT2D eigenvalue weighted by Gasteiger charge is 2.49. The quantitative estimate of drug-likeness (QED) is 0.511. The van der Waals surface area contributed by atoms with Crippen molar-refractivity contribution < 1.29 is 19.1 Å². The first kappa shape index (κ1) is 20.1. The standard InChI is InChI=1S/C24H19N3O4/c1-24(20-11-10-18-4-2-3-5-19(18)12-20)22(29)27(23(30)26-24)14-21(28)31-15-17-8-6-16(13-25)7-9-17/h2-12H,14-15H2,1H3,(H,26,30)/t24-/m0/s1. The molecule has 0 spiro atoms. The van der Waals surface area contributed by atoms with E-state index in [1.165, 1.54) is 0 Å². The average molecular weight is 413 g/mol. The SMILES string of the molecule is C[C@@]1(c2ccc3ccccc3c2)NC(=O)N(CC(=O)OCc2ccc(C#N)cc2)C1=O. The molecule has 0 aromatic heterocycles. The Labute approximate surface area is 178 Å². The minimum Gasteiger partial charge on any atom is -0.459 e. The number of rotatable bonds is 5. The zero-order chi connectivity index (χ0) is 22.0. The number of urea groups is 1. The van der Waals surface area contributed by atoms with Crippen LogP contribution in [0.5, 0.6) is 0 Å². The molecule has 0 bridgehead atoms. The van der Waals surface area contributed by atoms with Crippen molar-refractivity contribution in [3.05, 3.63) is 83.4 Å². The van der Waals surface area contributed by atoms with Crippen LogP contribution in [0.1, 0.15) is 23.6 Å². The van der Waals surface area contributed by atoms with Crippen LogP contribution in [-0.4, -0.2) is 29.4 Å². The Bertz CT molecular complexity index is 1230. The third-order valence-electron chi connectivity index (χ3n) is 5.37. The number of esters is 1. The van der Waals surface area contributed by atoms with Gasteiger partial charge in [-0.2, -0.15) is 5.26 Å². The Hall–Kier alpha value is -4.18. The van der Waals surface area contributed by atoms with Gasteiger partial charge in [0.25, 0.3) is 5.91 Å². The summed E-state index contributed by atoms with van der Waals surface area (Å²) in [6.07, 6.45) is 0.